The molecule has 142 valence electrons. The predicted octanol–water partition coefficient (Wildman–Crippen LogP) is 2.55. The zero-order valence-electron chi connectivity index (χ0n) is 15.5. The minimum absolute atomic E-state index is 0.0598. The van der Waals surface area contributed by atoms with Gasteiger partial charge in [0.25, 0.3) is 5.91 Å². The van der Waals surface area contributed by atoms with Gasteiger partial charge in [-0.25, -0.2) is 4.79 Å². The summed E-state index contributed by atoms with van der Waals surface area (Å²) in [6, 6.07) is 11.9. The van der Waals surface area contributed by atoms with Crippen LogP contribution in [0.4, 0.5) is 5.69 Å². The summed E-state index contributed by atoms with van der Waals surface area (Å²) in [6.45, 7) is 2.02. The Kier molecular flexibility index (Phi) is 6.93. The van der Waals surface area contributed by atoms with E-state index in [2.05, 4.69) is 10.6 Å². The van der Waals surface area contributed by atoms with Gasteiger partial charge in [0, 0.05) is 18.5 Å². The molecule has 0 aliphatic heterocycles. The van der Waals surface area contributed by atoms with Crippen molar-refractivity contribution in [3.63, 3.8) is 0 Å². The van der Waals surface area contributed by atoms with E-state index in [1.165, 1.54) is 20.3 Å². The molecule has 27 heavy (non-hydrogen) atoms. The second-order valence-electron chi connectivity index (χ2n) is 5.77. The van der Waals surface area contributed by atoms with Crippen LogP contribution in [0.5, 0.6) is 5.75 Å². The Morgan fingerprint density at radius 1 is 1.00 bits per heavy atom. The molecule has 7 nitrogen and oxygen atoms in total. The Hall–Kier alpha value is -3.35. The van der Waals surface area contributed by atoms with E-state index < -0.39 is 5.97 Å². The fraction of sp³-hybridized carbons (Fsp3) is 0.250. The lowest BCUT2D eigenvalue weighted by molar-refractivity contribution is -0.116. The molecule has 0 heterocycles. The topological polar surface area (TPSA) is 93.7 Å². The molecule has 2 aromatic rings. The molecule has 0 atom stereocenters. The summed E-state index contributed by atoms with van der Waals surface area (Å²) >= 11 is 0. The second kappa shape index (κ2) is 9.38. The number of nitrogens with one attached hydrogen (secondary N) is 2. The number of hydrogen-bond acceptors (Lipinski definition) is 5. The Morgan fingerprint density at radius 3 is 2.41 bits per heavy atom. The van der Waals surface area contributed by atoms with Crippen molar-refractivity contribution in [1.29, 1.82) is 0 Å². The van der Waals surface area contributed by atoms with Crippen LogP contribution in [0.2, 0.25) is 0 Å². The van der Waals surface area contributed by atoms with Crippen molar-refractivity contribution >= 4 is 23.5 Å². The largest absolute Gasteiger partial charge is 0.497 e. The number of anilines is 1. The van der Waals surface area contributed by atoms with Crippen molar-refractivity contribution < 1.29 is 23.9 Å². The molecular weight excluding hydrogens is 348 g/mol. The molecule has 2 N–H and O–H groups in total. The normalized spacial score (nSPS) is 10.0. The van der Waals surface area contributed by atoms with Gasteiger partial charge in [-0.15, -0.1) is 0 Å². The summed E-state index contributed by atoms with van der Waals surface area (Å²) in [5.74, 6) is -0.688. The Balaban J connectivity index is 1.95. The van der Waals surface area contributed by atoms with Crippen molar-refractivity contribution in [3.05, 3.63) is 59.2 Å². The van der Waals surface area contributed by atoms with Crippen molar-refractivity contribution in [2.45, 2.75) is 13.3 Å². The summed E-state index contributed by atoms with van der Waals surface area (Å²) in [5, 5.41) is 5.37. The lowest BCUT2D eigenvalue weighted by Crippen LogP contribution is -2.28. The molecule has 2 amide bonds. The number of carbonyl (C=O) groups excluding carboxylic acids is 3. The van der Waals surface area contributed by atoms with Gasteiger partial charge in [0.1, 0.15) is 5.75 Å². The SMILES string of the molecule is COC(=O)c1cc(OC)ccc1NC(=O)CCNC(=O)c1ccccc1C. The van der Waals surface area contributed by atoms with Crippen LogP contribution in [0, 0.1) is 6.92 Å². The molecule has 0 saturated carbocycles. The van der Waals surface area contributed by atoms with Gasteiger partial charge in [-0.3, -0.25) is 9.59 Å². The van der Waals surface area contributed by atoms with Gasteiger partial charge in [0.05, 0.1) is 25.5 Å². The maximum Gasteiger partial charge on any atom is 0.340 e. The van der Waals surface area contributed by atoms with E-state index in [9.17, 15) is 14.4 Å². The first-order valence-electron chi connectivity index (χ1n) is 8.36. The highest BCUT2D eigenvalue weighted by atomic mass is 16.5. The van der Waals surface area contributed by atoms with Gasteiger partial charge in [-0.1, -0.05) is 18.2 Å². The summed E-state index contributed by atoms with van der Waals surface area (Å²) in [6.07, 6.45) is 0.0598. The third-order valence-electron chi connectivity index (χ3n) is 3.93. The van der Waals surface area contributed by atoms with E-state index in [-0.39, 0.29) is 30.3 Å². The van der Waals surface area contributed by atoms with Crippen LogP contribution < -0.4 is 15.4 Å². The first kappa shape index (κ1) is 20.0. The molecule has 0 aliphatic carbocycles. The minimum atomic E-state index is -0.586. The van der Waals surface area contributed by atoms with Crippen LogP contribution in [-0.2, 0) is 9.53 Å². The number of aryl methyl sites for hydroxylation is 1. The first-order chi connectivity index (χ1) is 13.0. The summed E-state index contributed by atoms with van der Waals surface area (Å²) < 4.78 is 9.81. The van der Waals surface area contributed by atoms with E-state index in [0.29, 0.717) is 17.0 Å². The van der Waals surface area contributed by atoms with Crippen molar-refractivity contribution in [1.82, 2.24) is 5.32 Å². The fourth-order valence-electron chi connectivity index (χ4n) is 2.46. The zero-order chi connectivity index (χ0) is 19.8. The van der Waals surface area contributed by atoms with Crippen LogP contribution in [0.1, 0.15) is 32.7 Å². The average Bonchev–Trinajstić information content (AvgIpc) is 2.67. The number of benzene rings is 2. The zero-order valence-corrected chi connectivity index (χ0v) is 15.5. The number of amides is 2. The molecule has 0 radical (unpaired) electrons. The number of carbonyl (C=O) groups is 3. The monoisotopic (exact) mass is 370 g/mol. The number of methoxy groups -OCH3 is 2. The van der Waals surface area contributed by atoms with Gasteiger partial charge in [0.15, 0.2) is 0 Å². The maximum absolute atomic E-state index is 12.2. The van der Waals surface area contributed by atoms with Crippen LogP contribution in [0.15, 0.2) is 42.5 Å². The summed E-state index contributed by atoms with van der Waals surface area (Å²) in [7, 11) is 2.74. The van der Waals surface area contributed by atoms with Crippen LogP contribution >= 0.6 is 0 Å². The van der Waals surface area contributed by atoms with E-state index >= 15 is 0 Å². The van der Waals surface area contributed by atoms with Crippen LogP contribution in [0.25, 0.3) is 0 Å². The average molecular weight is 370 g/mol. The summed E-state index contributed by atoms with van der Waals surface area (Å²) in [5.41, 5.74) is 1.94. The van der Waals surface area contributed by atoms with Crippen LogP contribution in [-0.4, -0.2) is 38.5 Å². The smallest absolute Gasteiger partial charge is 0.340 e. The summed E-state index contributed by atoms with van der Waals surface area (Å²) in [4.78, 5) is 36.2. The molecule has 0 saturated heterocycles. The van der Waals surface area contributed by atoms with Gasteiger partial charge in [-0.2, -0.15) is 0 Å². The Morgan fingerprint density at radius 2 is 1.74 bits per heavy atom. The Bertz CT molecular complexity index is 848. The predicted molar refractivity (Wildman–Crippen MR) is 101 cm³/mol. The molecule has 2 rings (SSSR count). The van der Waals surface area contributed by atoms with Crippen molar-refractivity contribution in [3.8, 4) is 5.75 Å². The van der Waals surface area contributed by atoms with Gasteiger partial charge in [-0.05, 0) is 36.8 Å². The molecule has 0 fully saturated rings. The maximum atomic E-state index is 12.2. The molecular formula is C20H22N2O5. The molecule has 0 aliphatic rings. The van der Waals surface area contributed by atoms with Crippen LogP contribution in [0.3, 0.4) is 0 Å². The molecule has 7 heteroatoms. The molecule has 0 unspecified atom stereocenters. The Labute approximate surface area is 157 Å². The molecule has 0 spiro atoms. The quantitative estimate of drug-likeness (QED) is 0.731. The van der Waals surface area contributed by atoms with Gasteiger partial charge in [0.2, 0.25) is 5.91 Å². The van der Waals surface area contributed by atoms with E-state index in [1.807, 2.05) is 19.1 Å². The van der Waals surface area contributed by atoms with Crippen molar-refractivity contribution in [2.75, 3.05) is 26.1 Å². The standard InChI is InChI=1S/C20H22N2O5/c1-13-6-4-5-7-15(13)19(24)21-11-10-18(23)22-17-9-8-14(26-2)12-16(17)20(25)27-3/h4-9,12H,10-11H2,1-3H3,(H,21,24)(H,22,23). The fourth-order valence-corrected chi connectivity index (χ4v) is 2.46. The number of hydrogen-bond donors (Lipinski definition) is 2. The van der Waals surface area contributed by atoms with E-state index in [4.69, 9.17) is 9.47 Å². The lowest BCUT2D eigenvalue weighted by Gasteiger charge is -2.12. The minimum Gasteiger partial charge on any atom is -0.497 e. The van der Waals surface area contributed by atoms with Gasteiger partial charge >= 0.3 is 5.97 Å². The van der Waals surface area contributed by atoms with E-state index in [1.54, 1.807) is 24.3 Å². The third-order valence-corrected chi connectivity index (χ3v) is 3.93. The highest BCUT2D eigenvalue weighted by Gasteiger charge is 2.15. The number of ether oxygens (including phenoxy) is 2. The number of rotatable bonds is 7. The molecule has 0 aromatic heterocycles. The molecule has 2 aromatic carbocycles. The number of esters is 1. The third kappa shape index (κ3) is 5.31. The highest BCUT2D eigenvalue weighted by Crippen LogP contribution is 2.23. The molecule has 0 bridgehead atoms. The second-order valence-corrected chi connectivity index (χ2v) is 5.77. The lowest BCUT2D eigenvalue weighted by atomic mass is 10.1. The van der Waals surface area contributed by atoms with E-state index in [0.717, 1.165) is 5.56 Å². The van der Waals surface area contributed by atoms with Gasteiger partial charge < -0.3 is 20.1 Å². The van der Waals surface area contributed by atoms with Crippen molar-refractivity contribution in [2.24, 2.45) is 0 Å². The first-order valence-corrected chi connectivity index (χ1v) is 8.36. The highest BCUT2D eigenvalue weighted by molar-refractivity contribution is 6.02.